The van der Waals surface area contributed by atoms with Crippen LogP contribution in [0.4, 0.5) is 0 Å². The fourth-order valence-electron chi connectivity index (χ4n) is 3.97. The van der Waals surface area contributed by atoms with E-state index in [1.807, 2.05) is 0 Å². The summed E-state index contributed by atoms with van der Waals surface area (Å²) in [4.78, 5) is 0. The van der Waals surface area contributed by atoms with E-state index in [1.165, 1.54) is 0 Å². The van der Waals surface area contributed by atoms with Gasteiger partial charge in [0.25, 0.3) is 0 Å². The molecule has 5 heteroatoms. The highest BCUT2D eigenvalue weighted by Crippen LogP contribution is 2.52. The number of hydrogen-bond donors (Lipinski definition) is 1. The Morgan fingerprint density at radius 3 is 2.67 bits per heavy atom. The SMILES string of the molecule is CO[C@@H]1[C@@H](C#N)[C@H]2CC3(C[C@H]2C[C@H]1O)OCCO3. The molecule has 0 aromatic carbocycles. The van der Waals surface area contributed by atoms with Crippen molar-refractivity contribution in [2.45, 2.75) is 37.3 Å². The average molecular weight is 253 g/mol. The van der Waals surface area contributed by atoms with Crippen LogP contribution in [-0.2, 0) is 14.2 Å². The molecule has 0 amide bonds. The van der Waals surface area contributed by atoms with E-state index < -0.39 is 11.9 Å². The molecule has 2 aliphatic carbocycles. The van der Waals surface area contributed by atoms with E-state index in [1.54, 1.807) is 7.11 Å². The van der Waals surface area contributed by atoms with Crippen molar-refractivity contribution >= 4 is 0 Å². The van der Waals surface area contributed by atoms with Crippen LogP contribution in [0.3, 0.4) is 0 Å². The van der Waals surface area contributed by atoms with Crippen LogP contribution in [0.5, 0.6) is 0 Å². The Morgan fingerprint density at radius 1 is 1.33 bits per heavy atom. The third kappa shape index (κ3) is 1.76. The summed E-state index contributed by atoms with van der Waals surface area (Å²) in [7, 11) is 1.56. The summed E-state index contributed by atoms with van der Waals surface area (Å²) in [5.74, 6) is -0.251. The van der Waals surface area contributed by atoms with Crippen molar-refractivity contribution in [3.63, 3.8) is 0 Å². The van der Waals surface area contributed by atoms with Gasteiger partial charge in [0, 0.05) is 20.0 Å². The zero-order chi connectivity index (χ0) is 12.8. The highest BCUT2D eigenvalue weighted by molar-refractivity contribution is 5.08. The van der Waals surface area contributed by atoms with Gasteiger partial charge in [0.1, 0.15) is 0 Å². The first kappa shape index (κ1) is 12.4. The van der Waals surface area contributed by atoms with Crippen LogP contribution in [0.1, 0.15) is 19.3 Å². The molecule has 18 heavy (non-hydrogen) atoms. The zero-order valence-corrected chi connectivity index (χ0v) is 10.5. The normalized spacial score (nSPS) is 45.9. The number of aliphatic hydroxyl groups excluding tert-OH is 1. The molecule has 5 nitrogen and oxygen atoms in total. The molecule has 2 saturated carbocycles. The highest BCUT2D eigenvalue weighted by Gasteiger charge is 2.56. The maximum Gasteiger partial charge on any atom is 0.169 e. The number of rotatable bonds is 1. The Labute approximate surface area is 107 Å². The van der Waals surface area contributed by atoms with E-state index in [2.05, 4.69) is 6.07 Å². The Bertz CT molecular complexity index is 360. The van der Waals surface area contributed by atoms with E-state index >= 15 is 0 Å². The van der Waals surface area contributed by atoms with Crippen LogP contribution in [0.15, 0.2) is 0 Å². The molecule has 0 radical (unpaired) electrons. The summed E-state index contributed by atoms with van der Waals surface area (Å²) >= 11 is 0. The lowest BCUT2D eigenvalue weighted by atomic mass is 9.71. The average Bonchev–Trinajstić information content (AvgIpc) is 2.94. The van der Waals surface area contributed by atoms with Crippen LogP contribution in [0.2, 0.25) is 0 Å². The van der Waals surface area contributed by atoms with Gasteiger partial charge in [-0.05, 0) is 18.3 Å². The predicted molar refractivity (Wildman–Crippen MR) is 61.4 cm³/mol. The van der Waals surface area contributed by atoms with Gasteiger partial charge in [-0.1, -0.05) is 0 Å². The van der Waals surface area contributed by atoms with E-state index in [0.717, 1.165) is 12.8 Å². The molecule has 1 aliphatic heterocycles. The van der Waals surface area contributed by atoms with Crippen LogP contribution >= 0.6 is 0 Å². The van der Waals surface area contributed by atoms with Crippen LogP contribution < -0.4 is 0 Å². The molecule has 0 unspecified atom stereocenters. The zero-order valence-electron chi connectivity index (χ0n) is 10.5. The van der Waals surface area contributed by atoms with Crippen molar-refractivity contribution < 1.29 is 19.3 Å². The molecule has 3 aliphatic rings. The maximum absolute atomic E-state index is 10.1. The number of aliphatic hydroxyl groups is 1. The third-order valence-electron chi connectivity index (χ3n) is 4.70. The van der Waals surface area contributed by atoms with Crippen LogP contribution in [-0.4, -0.2) is 43.4 Å². The summed E-state index contributed by atoms with van der Waals surface area (Å²) in [5.41, 5.74) is 0. The molecular formula is C13H19NO4. The molecule has 100 valence electrons. The molecule has 5 atom stereocenters. The number of nitriles is 1. The second kappa shape index (κ2) is 4.46. The largest absolute Gasteiger partial charge is 0.390 e. The summed E-state index contributed by atoms with van der Waals surface area (Å²) in [5, 5.41) is 19.5. The Hall–Kier alpha value is -0.670. The molecule has 0 bridgehead atoms. The third-order valence-corrected chi connectivity index (χ3v) is 4.70. The van der Waals surface area contributed by atoms with Gasteiger partial charge in [0.15, 0.2) is 5.79 Å². The summed E-state index contributed by atoms with van der Waals surface area (Å²) in [6.07, 6.45) is 1.28. The van der Waals surface area contributed by atoms with Gasteiger partial charge in [0.2, 0.25) is 0 Å². The first-order valence-corrected chi connectivity index (χ1v) is 6.57. The fraction of sp³-hybridized carbons (Fsp3) is 0.923. The van der Waals surface area contributed by atoms with Crippen molar-refractivity contribution in [2.75, 3.05) is 20.3 Å². The van der Waals surface area contributed by atoms with Crippen LogP contribution in [0.25, 0.3) is 0 Å². The minimum atomic E-state index is -0.558. The fourth-order valence-corrected chi connectivity index (χ4v) is 3.97. The standard InChI is InChI=1S/C13H19NO4/c1-16-12-10(7-14)9-6-13(17-2-3-18-13)5-8(9)4-11(12)15/h8-12,15H,2-6H2,1H3/t8-,9+,10+,11-,12-/m1/s1. The number of nitrogens with zero attached hydrogens (tertiary/aromatic N) is 1. The van der Waals surface area contributed by atoms with E-state index in [-0.39, 0.29) is 17.9 Å². The van der Waals surface area contributed by atoms with Gasteiger partial charge in [-0.2, -0.15) is 5.26 Å². The van der Waals surface area contributed by atoms with E-state index in [4.69, 9.17) is 14.2 Å². The van der Waals surface area contributed by atoms with E-state index in [0.29, 0.717) is 25.6 Å². The Kier molecular flexibility index (Phi) is 3.07. The number of fused-ring (bicyclic) bond motifs is 1. The second-order valence-electron chi connectivity index (χ2n) is 5.60. The van der Waals surface area contributed by atoms with Crippen LogP contribution in [0, 0.1) is 29.1 Å². The second-order valence-corrected chi connectivity index (χ2v) is 5.60. The summed E-state index contributed by atoms with van der Waals surface area (Å²) in [6, 6.07) is 2.32. The Balaban J connectivity index is 1.83. The summed E-state index contributed by atoms with van der Waals surface area (Å²) < 4.78 is 16.8. The lowest BCUT2D eigenvalue weighted by Crippen LogP contribution is -2.45. The van der Waals surface area contributed by atoms with Gasteiger partial charge in [-0.15, -0.1) is 0 Å². The first-order valence-electron chi connectivity index (χ1n) is 6.57. The molecule has 0 aromatic heterocycles. The van der Waals surface area contributed by atoms with Gasteiger partial charge < -0.3 is 19.3 Å². The molecule has 3 fully saturated rings. The van der Waals surface area contributed by atoms with Crippen molar-refractivity contribution in [3.8, 4) is 6.07 Å². The number of methoxy groups -OCH3 is 1. The van der Waals surface area contributed by atoms with Gasteiger partial charge in [0.05, 0.1) is 37.4 Å². The molecule has 1 saturated heterocycles. The van der Waals surface area contributed by atoms with E-state index in [9.17, 15) is 10.4 Å². The number of hydrogen-bond acceptors (Lipinski definition) is 5. The number of ether oxygens (including phenoxy) is 3. The van der Waals surface area contributed by atoms with Gasteiger partial charge in [-0.3, -0.25) is 0 Å². The van der Waals surface area contributed by atoms with Crippen molar-refractivity contribution in [3.05, 3.63) is 0 Å². The lowest BCUT2D eigenvalue weighted by molar-refractivity contribution is -0.154. The van der Waals surface area contributed by atoms with Crippen molar-refractivity contribution in [1.29, 1.82) is 5.26 Å². The minimum Gasteiger partial charge on any atom is -0.390 e. The monoisotopic (exact) mass is 253 g/mol. The van der Waals surface area contributed by atoms with Gasteiger partial charge >= 0.3 is 0 Å². The molecule has 1 heterocycles. The molecule has 3 rings (SSSR count). The maximum atomic E-state index is 10.1. The minimum absolute atomic E-state index is 0.210. The first-order chi connectivity index (χ1) is 8.69. The molecule has 1 spiro atoms. The quantitative estimate of drug-likeness (QED) is 0.744. The summed E-state index contributed by atoms with van der Waals surface area (Å²) in [6.45, 7) is 1.26. The smallest absolute Gasteiger partial charge is 0.169 e. The van der Waals surface area contributed by atoms with Gasteiger partial charge in [-0.25, -0.2) is 0 Å². The Morgan fingerprint density at radius 2 is 2.06 bits per heavy atom. The molecule has 1 N–H and O–H groups in total. The molecular weight excluding hydrogens is 234 g/mol. The van der Waals surface area contributed by atoms with Crippen molar-refractivity contribution in [2.24, 2.45) is 17.8 Å². The lowest BCUT2D eigenvalue weighted by Gasteiger charge is -2.38. The predicted octanol–water partition coefficient (Wildman–Crippen LogP) is 0.675. The topological polar surface area (TPSA) is 71.7 Å². The molecule has 0 aromatic rings. The highest BCUT2D eigenvalue weighted by atomic mass is 16.7. The van der Waals surface area contributed by atoms with Crippen molar-refractivity contribution in [1.82, 2.24) is 0 Å².